The van der Waals surface area contributed by atoms with Gasteiger partial charge >= 0.3 is 148 Å². The third-order valence-electron chi connectivity index (χ3n) is 4.68. The second-order valence-corrected chi connectivity index (χ2v) is 8.70. The second kappa shape index (κ2) is 8.92. The molecule has 0 aliphatic heterocycles. The number of fused-ring (bicyclic) bond motifs is 1. The van der Waals surface area contributed by atoms with E-state index >= 15 is 0 Å². The fraction of sp³-hybridized carbons (Fsp3) is 0.368. The van der Waals surface area contributed by atoms with Gasteiger partial charge in [-0.2, -0.15) is 0 Å². The number of rotatable bonds is 8. The number of methoxy groups -OCH3 is 1. The summed E-state index contributed by atoms with van der Waals surface area (Å²) in [7, 11) is 7.27. The van der Waals surface area contributed by atoms with Crippen LogP contribution in [-0.2, 0) is 27.2 Å². The van der Waals surface area contributed by atoms with Crippen LogP contribution in [0, 0.1) is 6.92 Å². The number of amides is 3. The van der Waals surface area contributed by atoms with E-state index in [0.29, 0.717) is 21.1 Å². The fourth-order valence-corrected chi connectivity index (χ4v) is 5.50. The molecule has 0 unspecified atom stereocenters. The van der Waals surface area contributed by atoms with Gasteiger partial charge in [0.05, 0.1) is 0 Å². The first-order valence-electron chi connectivity index (χ1n) is 9.10. The third kappa shape index (κ3) is 4.59. The summed E-state index contributed by atoms with van der Waals surface area (Å²) in [4.78, 5) is 38.2. The van der Waals surface area contributed by atoms with Gasteiger partial charge in [-0.25, -0.2) is 0 Å². The molecule has 2 heterocycles. The summed E-state index contributed by atoms with van der Waals surface area (Å²) in [6, 6.07) is 0. The first-order chi connectivity index (χ1) is 13.8. The van der Waals surface area contributed by atoms with E-state index in [1.807, 2.05) is 12.3 Å². The Morgan fingerprint density at radius 2 is 1.90 bits per heavy atom. The summed E-state index contributed by atoms with van der Waals surface area (Å²) in [5, 5.41) is 7.88. The molecule has 0 bridgehead atoms. The maximum atomic E-state index is 12.3. The number of hydrogen-bond acceptors (Lipinski definition) is 6. The van der Waals surface area contributed by atoms with Crippen LogP contribution in [0.15, 0.2) is 5.38 Å². The third-order valence-corrected chi connectivity index (χ3v) is 7.00. The monoisotopic (exact) mass is 430 g/mol. The van der Waals surface area contributed by atoms with Crippen molar-refractivity contribution in [1.82, 2.24) is 0 Å². The van der Waals surface area contributed by atoms with Crippen LogP contribution in [0.3, 0.4) is 0 Å². The number of ether oxygens (including phenoxy) is 1. The molecule has 4 N–H and O–H groups in total. The Morgan fingerprint density at radius 3 is 2.55 bits per heavy atom. The van der Waals surface area contributed by atoms with Gasteiger partial charge in [0.2, 0.25) is 0 Å². The molecule has 7 nitrogen and oxygen atoms in total. The van der Waals surface area contributed by atoms with Crippen LogP contribution in [-0.4, -0.2) is 38.0 Å². The average Bonchev–Trinajstić information content (AvgIpc) is 3.34. The van der Waals surface area contributed by atoms with Gasteiger partial charge < -0.3 is 5.73 Å². The molecular formula is C19H21BN3O4S2. The quantitative estimate of drug-likeness (QED) is 0.559. The number of primary amides is 1. The van der Waals surface area contributed by atoms with Gasteiger partial charge in [0.25, 0.3) is 0 Å². The van der Waals surface area contributed by atoms with E-state index < -0.39 is 5.91 Å². The number of carbonyl (C=O) groups is 3. The van der Waals surface area contributed by atoms with Gasteiger partial charge in [-0.3, -0.25) is 4.79 Å². The summed E-state index contributed by atoms with van der Waals surface area (Å²) >= 11 is 2.76. The summed E-state index contributed by atoms with van der Waals surface area (Å²) < 4.78 is 5.05. The summed E-state index contributed by atoms with van der Waals surface area (Å²) in [5.41, 5.74) is 8.53. The number of nitrogens with one attached hydrogen (secondary N) is 2. The molecule has 151 valence electrons. The Balaban J connectivity index is 1.60. The molecule has 0 spiro atoms. The van der Waals surface area contributed by atoms with Crippen molar-refractivity contribution >= 4 is 64.2 Å². The molecule has 3 rings (SSSR count). The topological polar surface area (TPSA) is 111 Å². The standard InChI is InChI=1S/C19H21BN3O4S2/c1-9-8-28-16(17(20)27-2)15(9)22-12(24)6-7-13(25)23-19-14(18(21)26)10-4-3-5-11(10)29-19/h8H,3-7H2,1-2H3,(H2,21,26)(H,22,24)(H,23,25). The van der Waals surface area contributed by atoms with Gasteiger partial charge in [-0.1, -0.05) is 0 Å². The first-order valence-corrected chi connectivity index (χ1v) is 10.8. The van der Waals surface area contributed by atoms with Gasteiger partial charge in [0.1, 0.15) is 0 Å². The van der Waals surface area contributed by atoms with E-state index in [9.17, 15) is 14.4 Å². The van der Waals surface area contributed by atoms with Crippen LogP contribution in [0.1, 0.15) is 50.5 Å². The number of thiophene rings is 2. The second-order valence-electron chi connectivity index (χ2n) is 6.71. The predicted molar refractivity (Wildman–Crippen MR) is 117 cm³/mol. The fourth-order valence-electron chi connectivity index (χ4n) is 3.24. The number of nitrogens with two attached hydrogens (primary N) is 1. The van der Waals surface area contributed by atoms with E-state index in [2.05, 4.69) is 10.6 Å². The molecule has 2 aromatic heterocycles. The number of anilines is 2. The molecule has 1 aliphatic carbocycles. The minimum Gasteiger partial charge on any atom is -0.365 e. The Bertz CT molecular complexity index is 996. The van der Waals surface area contributed by atoms with Crippen molar-refractivity contribution in [3.63, 3.8) is 0 Å². The van der Waals surface area contributed by atoms with Crippen molar-refractivity contribution in [2.75, 3.05) is 17.7 Å². The summed E-state index contributed by atoms with van der Waals surface area (Å²) in [6.07, 6.45) is 2.65. The Kier molecular flexibility index (Phi) is 6.54. The van der Waals surface area contributed by atoms with E-state index in [1.54, 1.807) is 0 Å². The van der Waals surface area contributed by atoms with Crippen LogP contribution in [0.2, 0.25) is 0 Å². The number of aryl methyl sites for hydroxylation is 2. The molecule has 10 heteroatoms. The minimum absolute atomic E-state index is 0.00948. The normalized spacial score (nSPS) is 12.3. The predicted octanol–water partition coefficient (Wildman–Crippen LogP) is 2.36. The molecule has 0 fully saturated rings. The molecular weight excluding hydrogens is 409 g/mol. The van der Waals surface area contributed by atoms with Crippen molar-refractivity contribution in [1.29, 1.82) is 0 Å². The van der Waals surface area contributed by atoms with Gasteiger partial charge in [-0.15, -0.1) is 0 Å². The van der Waals surface area contributed by atoms with Crippen LogP contribution >= 0.6 is 22.7 Å². The molecule has 0 saturated carbocycles. The molecule has 29 heavy (non-hydrogen) atoms. The molecule has 1 radical (unpaired) electrons. The van der Waals surface area contributed by atoms with E-state index in [0.717, 1.165) is 35.3 Å². The number of hydrogen-bond donors (Lipinski definition) is 3. The zero-order valence-electron chi connectivity index (χ0n) is 16.2. The molecule has 0 aromatic carbocycles. The first kappa shape index (κ1) is 21.3. The van der Waals surface area contributed by atoms with Crippen molar-refractivity contribution in [3.8, 4) is 0 Å². The van der Waals surface area contributed by atoms with Crippen LogP contribution in [0.5, 0.6) is 0 Å². The van der Waals surface area contributed by atoms with E-state index in [4.69, 9.17) is 18.0 Å². The van der Waals surface area contributed by atoms with Crippen LogP contribution < -0.4 is 16.4 Å². The summed E-state index contributed by atoms with van der Waals surface area (Å²) in [6.45, 7) is 1.85. The van der Waals surface area contributed by atoms with E-state index in [-0.39, 0.29) is 30.3 Å². The Morgan fingerprint density at radius 1 is 1.21 bits per heavy atom. The maximum absolute atomic E-state index is 12.3. The molecule has 0 atom stereocenters. The van der Waals surface area contributed by atoms with Gasteiger partial charge in [0, 0.05) is 0 Å². The van der Waals surface area contributed by atoms with Gasteiger partial charge in [0.15, 0.2) is 0 Å². The van der Waals surface area contributed by atoms with Crippen molar-refractivity contribution < 1.29 is 19.1 Å². The van der Waals surface area contributed by atoms with Crippen molar-refractivity contribution in [2.45, 2.75) is 39.0 Å². The number of carbonyl (C=O) groups excluding carboxylic acids is 3. The zero-order valence-corrected chi connectivity index (χ0v) is 17.9. The van der Waals surface area contributed by atoms with Crippen LogP contribution in [0.25, 0.3) is 0 Å². The Labute approximate surface area is 177 Å². The molecule has 3 amide bonds. The minimum atomic E-state index is -0.537. The van der Waals surface area contributed by atoms with Crippen LogP contribution in [0.4, 0.5) is 10.7 Å². The average molecular weight is 430 g/mol. The SMILES string of the molecule is [B]=C(OC)c1scc(C)c1NC(=O)CCC(=O)Nc1sc2c(c1C(N)=O)CCC2. The molecule has 0 saturated heterocycles. The summed E-state index contributed by atoms with van der Waals surface area (Å²) in [5.74, 6) is -1.19. The zero-order chi connectivity index (χ0) is 21.1. The van der Waals surface area contributed by atoms with Gasteiger partial charge in [-0.05, 0) is 19.3 Å². The smallest absolute Gasteiger partial charge is 0.365 e. The van der Waals surface area contributed by atoms with Crippen molar-refractivity contribution in [3.05, 3.63) is 31.8 Å². The Hall–Kier alpha value is -2.46. The molecule has 1 aliphatic rings. The van der Waals surface area contributed by atoms with E-state index in [1.165, 1.54) is 29.8 Å². The molecule has 2 aromatic rings. The van der Waals surface area contributed by atoms with Crippen molar-refractivity contribution in [2.24, 2.45) is 5.73 Å².